The Balaban J connectivity index is 0.00000132. The number of thiophene rings is 1. The van der Waals surface area contributed by atoms with Gasteiger partial charge in [0.15, 0.2) is 0 Å². The SMILES string of the molecule is Cl.Cl.O=C(Cc1csc(-c2cccs2)n1)NCC1CCCNC1. The van der Waals surface area contributed by atoms with E-state index < -0.39 is 0 Å². The van der Waals surface area contributed by atoms with Crippen molar-refractivity contribution in [1.82, 2.24) is 15.6 Å². The van der Waals surface area contributed by atoms with Gasteiger partial charge in [0.1, 0.15) is 5.01 Å². The van der Waals surface area contributed by atoms with Crippen molar-refractivity contribution in [3.63, 3.8) is 0 Å². The number of carbonyl (C=O) groups excluding carboxylic acids is 1. The average Bonchev–Trinajstić information content (AvgIpc) is 3.17. The van der Waals surface area contributed by atoms with Crippen molar-refractivity contribution < 1.29 is 4.79 Å². The summed E-state index contributed by atoms with van der Waals surface area (Å²) in [7, 11) is 0. The lowest BCUT2D eigenvalue weighted by molar-refractivity contribution is -0.120. The smallest absolute Gasteiger partial charge is 0.226 e. The van der Waals surface area contributed by atoms with Gasteiger partial charge in [0, 0.05) is 11.9 Å². The first-order chi connectivity index (χ1) is 10.3. The van der Waals surface area contributed by atoms with Crippen LogP contribution in [0.5, 0.6) is 0 Å². The highest BCUT2D eigenvalue weighted by Crippen LogP contribution is 2.27. The lowest BCUT2D eigenvalue weighted by Crippen LogP contribution is -2.38. The number of thiazole rings is 1. The van der Waals surface area contributed by atoms with Crippen molar-refractivity contribution in [3.8, 4) is 9.88 Å². The Kier molecular flexibility index (Phi) is 9.09. The van der Waals surface area contributed by atoms with Gasteiger partial charge in [0.25, 0.3) is 0 Å². The first kappa shape index (κ1) is 20.4. The second kappa shape index (κ2) is 10.3. The zero-order valence-electron chi connectivity index (χ0n) is 12.6. The quantitative estimate of drug-likeness (QED) is 0.818. The van der Waals surface area contributed by atoms with Gasteiger partial charge >= 0.3 is 0 Å². The maximum Gasteiger partial charge on any atom is 0.226 e. The molecule has 1 unspecified atom stereocenters. The Morgan fingerprint density at radius 2 is 2.26 bits per heavy atom. The molecule has 0 aromatic carbocycles. The summed E-state index contributed by atoms with van der Waals surface area (Å²) in [6.45, 7) is 2.89. The van der Waals surface area contributed by atoms with Crippen molar-refractivity contribution in [1.29, 1.82) is 0 Å². The third kappa shape index (κ3) is 6.04. The number of nitrogens with zero attached hydrogens (tertiary/aromatic N) is 1. The summed E-state index contributed by atoms with van der Waals surface area (Å²) in [5, 5.41) is 11.4. The van der Waals surface area contributed by atoms with E-state index in [-0.39, 0.29) is 30.7 Å². The van der Waals surface area contributed by atoms with E-state index in [1.807, 2.05) is 16.8 Å². The number of halogens is 2. The van der Waals surface area contributed by atoms with Gasteiger partial charge in [-0.3, -0.25) is 4.79 Å². The van der Waals surface area contributed by atoms with Gasteiger partial charge in [-0.1, -0.05) is 6.07 Å². The molecule has 1 atom stereocenters. The van der Waals surface area contributed by atoms with E-state index in [9.17, 15) is 4.79 Å². The minimum Gasteiger partial charge on any atom is -0.355 e. The predicted octanol–water partition coefficient (Wildman–Crippen LogP) is 3.37. The molecule has 0 spiro atoms. The molecule has 4 nitrogen and oxygen atoms in total. The number of carbonyl (C=O) groups is 1. The van der Waals surface area contributed by atoms with Crippen LogP contribution in [0.4, 0.5) is 0 Å². The lowest BCUT2D eigenvalue weighted by Gasteiger charge is -2.22. The maximum atomic E-state index is 12.0. The molecule has 0 aliphatic carbocycles. The summed E-state index contributed by atoms with van der Waals surface area (Å²) >= 11 is 3.28. The van der Waals surface area contributed by atoms with Gasteiger partial charge < -0.3 is 10.6 Å². The third-order valence-corrected chi connectivity index (χ3v) is 5.54. The highest BCUT2D eigenvalue weighted by molar-refractivity contribution is 7.20. The molecule has 0 radical (unpaired) electrons. The van der Waals surface area contributed by atoms with Crippen LogP contribution in [-0.2, 0) is 11.2 Å². The molecule has 128 valence electrons. The second-order valence-electron chi connectivity index (χ2n) is 5.31. The first-order valence-corrected chi connectivity index (χ1v) is 9.03. The van der Waals surface area contributed by atoms with E-state index >= 15 is 0 Å². The van der Waals surface area contributed by atoms with Crippen molar-refractivity contribution in [2.24, 2.45) is 5.92 Å². The summed E-state index contributed by atoms with van der Waals surface area (Å²) in [5.41, 5.74) is 0.864. The van der Waals surface area contributed by atoms with Crippen molar-refractivity contribution in [2.75, 3.05) is 19.6 Å². The van der Waals surface area contributed by atoms with Crippen LogP contribution in [0, 0.1) is 5.92 Å². The van der Waals surface area contributed by atoms with Crippen LogP contribution < -0.4 is 10.6 Å². The molecule has 0 saturated carbocycles. The largest absolute Gasteiger partial charge is 0.355 e. The number of nitrogens with one attached hydrogen (secondary N) is 2. The molecule has 8 heteroatoms. The van der Waals surface area contributed by atoms with E-state index in [2.05, 4.69) is 21.7 Å². The average molecular weight is 394 g/mol. The Hall–Kier alpha value is -0.660. The molecule has 2 aromatic rings. The minimum atomic E-state index is 0. The van der Waals surface area contributed by atoms with Crippen LogP contribution in [0.2, 0.25) is 0 Å². The van der Waals surface area contributed by atoms with Crippen LogP contribution in [0.25, 0.3) is 9.88 Å². The highest BCUT2D eigenvalue weighted by atomic mass is 35.5. The molecule has 2 N–H and O–H groups in total. The number of amides is 1. The van der Waals surface area contributed by atoms with E-state index in [0.717, 1.165) is 30.3 Å². The Morgan fingerprint density at radius 3 is 2.96 bits per heavy atom. The number of hydrogen-bond donors (Lipinski definition) is 2. The van der Waals surface area contributed by atoms with Gasteiger partial charge in [-0.15, -0.1) is 47.5 Å². The maximum absolute atomic E-state index is 12.0. The molecule has 1 aliphatic rings. The summed E-state index contributed by atoms with van der Waals surface area (Å²) in [5.74, 6) is 0.642. The molecule has 1 aliphatic heterocycles. The summed E-state index contributed by atoms with van der Waals surface area (Å²) in [6, 6.07) is 4.08. The van der Waals surface area contributed by atoms with E-state index in [4.69, 9.17) is 0 Å². The molecule has 1 amide bonds. The van der Waals surface area contributed by atoms with Crippen LogP contribution in [0.1, 0.15) is 18.5 Å². The van der Waals surface area contributed by atoms with E-state index in [0.29, 0.717) is 12.3 Å². The van der Waals surface area contributed by atoms with Crippen molar-refractivity contribution >= 4 is 53.4 Å². The van der Waals surface area contributed by atoms with Gasteiger partial charge in [0.2, 0.25) is 5.91 Å². The lowest BCUT2D eigenvalue weighted by atomic mass is 10.00. The Labute approximate surface area is 156 Å². The third-order valence-electron chi connectivity index (χ3n) is 3.61. The van der Waals surface area contributed by atoms with E-state index in [1.165, 1.54) is 17.7 Å². The fraction of sp³-hybridized carbons (Fsp3) is 0.467. The minimum absolute atomic E-state index is 0. The number of piperidine rings is 1. The fourth-order valence-corrected chi connectivity index (χ4v) is 4.12. The van der Waals surface area contributed by atoms with Crippen LogP contribution in [0.15, 0.2) is 22.9 Å². The molecule has 2 aromatic heterocycles. The molecule has 23 heavy (non-hydrogen) atoms. The second-order valence-corrected chi connectivity index (χ2v) is 7.12. The first-order valence-electron chi connectivity index (χ1n) is 7.27. The van der Waals surface area contributed by atoms with Crippen LogP contribution in [-0.4, -0.2) is 30.5 Å². The molecule has 0 bridgehead atoms. The van der Waals surface area contributed by atoms with E-state index in [1.54, 1.807) is 22.7 Å². The van der Waals surface area contributed by atoms with Gasteiger partial charge in [0.05, 0.1) is 17.0 Å². The molecule has 3 heterocycles. The van der Waals surface area contributed by atoms with Crippen LogP contribution >= 0.6 is 47.5 Å². The standard InChI is InChI=1S/C15H19N3OS2.2ClH/c19-14(17-9-11-3-1-5-16-8-11)7-12-10-21-15(18-12)13-4-2-6-20-13;;/h2,4,6,10-11,16H,1,3,5,7-9H2,(H,17,19);2*1H. The summed E-state index contributed by atoms with van der Waals surface area (Å²) < 4.78 is 0. The molecule has 1 fully saturated rings. The normalized spacial score (nSPS) is 17.0. The van der Waals surface area contributed by atoms with Crippen LogP contribution in [0.3, 0.4) is 0 Å². The number of hydrogen-bond acceptors (Lipinski definition) is 5. The zero-order chi connectivity index (χ0) is 14.5. The highest BCUT2D eigenvalue weighted by Gasteiger charge is 2.15. The topological polar surface area (TPSA) is 54.0 Å². The Morgan fingerprint density at radius 1 is 1.39 bits per heavy atom. The molecule has 1 saturated heterocycles. The fourth-order valence-electron chi connectivity index (χ4n) is 2.48. The molecular formula is C15H21Cl2N3OS2. The summed E-state index contributed by atoms with van der Waals surface area (Å²) in [4.78, 5) is 17.7. The molecular weight excluding hydrogens is 373 g/mol. The monoisotopic (exact) mass is 393 g/mol. The zero-order valence-corrected chi connectivity index (χ0v) is 15.9. The summed E-state index contributed by atoms with van der Waals surface area (Å²) in [6.07, 6.45) is 2.78. The van der Waals surface area contributed by atoms with Crippen molar-refractivity contribution in [2.45, 2.75) is 19.3 Å². The van der Waals surface area contributed by atoms with Gasteiger partial charge in [-0.2, -0.15) is 0 Å². The molecule has 3 rings (SSSR count). The Bertz CT molecular complexity index is 583. The predicted molar refractivity (Wildman–Crippen MR) is 102 cm³/mol. The number of aromatic nitrogens is 1. The van der Waals surface area contributed by atoms with Gasteiger partial charge in [-0.25, -0.2) is 4.98 Å². The van der Waals surface area contributed by atoms with Gasteiger partial charge in [-0.05, 0) is 43.3 Å². The van der Waals surface area contributed by atoms with Crippen molar-refractivity contribution in [3.05, 3.63) is 28.6 Å². The number of rotatable bonds is 5.